The van der Waals surface area contributed by atoms with Crippen LogP contribution in [0, 0.1) is 11.6 Å². The van der Waals surface area contributed by atoms with Crippen molar-refractivity contribution < 1.29 is 0 Å². The minimum atomic E-state index is 0.414. The van der Waals surface area contributed by atoms with Gasteiger partial charge in [0.05, 0.1) is 0 Å². The highest BCUT2D eigenvalue weighted by Gasteiger charge is 2.28. The van der Waals surface area contributed by atoms with E-state index in [0.29, 0.717) is 5.41 Å². The SMILES string of the molecule is CC1(C)Cc2c[c]nn2C1. The Morgan fingerprint density at radius 3 is 3.20 bits per heavy atom. The number of fused-ring (bicyclic) bond motifs is 1. The van der Waals surface area contributed by atoms with Crippen LogP contribution >= 0.6 is 0 Å². The molecule has 0 N–H and O–H groups in total. The van der Waals surface area contributed by atoms with E-state index < -0.39 is 0 Å². The molecule has 2 rings (SSSR count). The first-order valence-corrected chi connectivity index (χ1v) is 3.60. The van der Waals surface area contributed by atoms with Crippen LogP contribution < -0.4 is 0 Å². The Hall–Kier alpha value is -0.790. The zero-order valence-electron chi connectivity index (χ0n) is 6.39. The summed E-state index contributed by atoms with van der Waals surface area (Å²) in [4.78, 5) is 0. The Bertz CT molecular complexity index is 225. The van der Waals surface area contributed by atoms with Gasteiger partial charge in [0.25, 0.3) is 0 Å². The maximum Gasteiger partial charge on any atom is 0.113 e. The minimum Gasteiger partial charge on any atom is -0.268 e. The van der Waals surface area contributed by atoms with Crippen molar-refractivity contribution in [2.24, 2.45) is 5.41 Å². The molecule has 0 unspecified atom stereocenters. The highest BCUT2D eigenvalue weighted by molar-refractivity contribution is 5.07. The first-order chi connectivity index (χ1) is 4.67. The van der Waals surface area contributed by atoms with Gasteiger partial charge < -0.3 is 0 Å². The molecule has 53 valence electrons. The summed E-state index contributed by atoms with van der Waals surface area (Å²) >= 11 is 0. The smallest absolute Gasteiger partial charge is 0.113 e. The molecule has 0 amide bonds. The van der Waals surface area contributed by atoms with E-state index in [0.717, 1.165) is 13.0 Å². The van der Waals surface area contributed by atoms with Gasteiger partial charge in [0, 0.05) is 12.2 Å². The van der Waals surface area contributed by atoms with Crippen LogP contribution in [0.25, 0.3) is 0 Å². The summed E-state index contributed by atoms with van der Waals surface area (Å²) in [7, 11) is 0. The van der Waals surface area contributed by atoms with E-state index in [-0.39, 0.29) is 0 Å². The Labute approximate surface area is 60.9 Å². The van der Waals surface area contributed by atoms with Crippen LogP contribution in [0.2, 0.25) is 0 Å². The summed E-state index contributed by atoms with van der Waals surface area (Å²) in [5.41, 5.74) is 1.74. The number of aromatic nitrogens is 2. The average molecular weight is 135 g/mol. The van der Waals surface area contributed by atoms with Gasteiger partial charge in [0.1, 0.15) is 6.20 Å². The van der Waals surface area contributed by atoms with E-state index in [1.165, 1.54) is 5.69 Å². The van der Waals surface area contributed by atoms with Gasteiger partial charge in [-0.3, -0.25) is 4.68 Å². The largest absolute Gasteiger partial charge is 0.268 e. The van der Waals surface area contributed by atoms with Crippen LogP contribution in [-0.4, -0.2) is 9.78 Å². The van der Waals surface area contributed by atoms with Gasteiger partial charge in [-0.25, -0.2) is 0 Å². The zero-order chi connectivity index (χ0) is 7.19. The summed E-state index contributed by atoms with van der Waals surface area (Å²) in [6, 6.07) is 1.98. The fourth-order valence-corrected chi connectivity index (χ4v) is 1.54. The molecule has 0 aromatic carbocycles. The topological polar surface area (TPSA) is 17.8 Å². The van der Waals surface area contributed by atoms with Gasteiger partial charge in [0.15, 0.2) is 0 Å². The summed E-state index contributed by atoms with van der Waals surface area (Å²) < 4.78 is 2.04. The van der Waals surface area contributed by atoms with E-state index in [4.69, 9.17) is 0 Å². The van der Waals surface area contributed by atoms with Gasteiger partial charge in [-0.2, -0.15) is 5.10 Å². The molecule has 1 radical (unpaired) electrons. The molecule has 1 aromatic heterocycles. The van der Waals surface area contributed by atoms with E-state index in [1.807, 2.05) is 10.7 Å². The van der Waals surface area contributed by atoms with Crippen molar-refractivity contribution in [3.63, 3.8) is 0 Å². The second-order valence-electron chi connectivity index (χ2n) is 3.76. The molecule has 0 fully saturated rings. The van der Waals surface area contributed by atoms with Crippen LogP contribution in [0.5, 0.6) is 0 Å². The molecule has 1 aliphatic heterocycles. The first kappa shape index (κ1) is 5.96. The molecule has 1 aliphatic rings. The fourth-order valence-electron chi connectivity index (χ4n) is 1.54. The van der Waals surface area contributed by atoms with Crippen molar-refractivity contribution in [2.75, 3.05) is 0 Å². The number of rotatable bonds is 0. The quantitative estimate of drug-likeness (QED) is 0.523. The molecule has 2 heteroatoms. The molecule has 0 saturated carbocycles. The van der Waals surface area contributed by atoms with Crippen molar-refractivity contribution in [3.8, 4) is 0 Å². The number of hydrogen-bond acceptors (Lipinski definition) is 1. The Balaban J connectivity index is 2.37. The van der Waals surface area contributed by atoms with Gasteiger partial charge in [-0.1, -0.05) is 13.8 Å². The standard InChI is InChI=1S/C8H11N2/c1-8(2)5-7-3-4-9-10(7)6-8/h3H,5-6H2,1-2H3. The Morgan fingerprint density at radius 2 is 2.50 bits per heavy atom. The highest BCUT2D eigenvalue weighted by atomic mass is 15.3. The van der Waals surface area contributed by atoms with E-state index in [9.17, 15) is 0 Å². The van der Waals surface area contributed by atoms with Crippen LogP contribution in [0.15, 0.2) is 6.07 Å². The van der Waals surface area contributed by atoms with Gasteiger partial charge in [-0.05, 0) is 17.9 Å². The number of hydrogen-bond donors (Lipinski definition) is 0. The predicted molar refractivity (Wildman–Crippen MR) is 38.5 cm³/mol. The Morgan fingerprint density at radius 1 is 1.70 bits per heavy atom. The van der Waals surface area contributed by atoms with Gasteiger partial charge in [0.2, 0.25) is 0 Å². The normalized spacial score (nSPS) is 21.0. The molecule has 0 spiro atoms. The second kappa shape index (κ2) is 1.62. The molecule has 0 atom stereocenters. The van der Waals surface area contributed by atoms with Crippen molar-refractivity contribution >= 4 is 0 Å². The lowest BCUT2D eigenvalue weighted by atomic mass is 9.91. The van der Waals surface area contributed by atoms with E-state index in [1.54, 1.807) is 0 Å². The maximum atomic E-state index is 4.08. The second-order valence-corrected chi connectivity index (χ2v) is 3.76. The fraction of sp³-hybridized carbons (Fsp3) is 0.625. The summed E-state index contributed by atoms with van der Waals surface area (Å²) in [6.07, 6.45) is 3.99. The van der Waals surface area contributed by atoms with Crippen molar-refractivity contribution in [1.29, 1.82) is 0 Å². The minimum absolute atomic E-state index is 0.414. The van der Waals surface area contributed by atoms with Crippen molar-refractivity contribution in [2.45, 2.75) is 26.8 Å². The first-order valence-electron chi connectivity index (χ1n) is 3.60. The predicted octanol–water partition coefficient (Wildman–Crippen LogP) is 1.27. The van der Waals surface area contributed by atoms with Crippen molar-refractivity contribution in [3.05, 3.63) is 18.0 Å². The van der Waals surface area contributed by atoms with Crippen LogP contribution in [0.3, 0.4) is 0 Å². The Kier molecular flexibility index (Phi) is 0.967. The lowest BCUT2D eigenvalue weighted by Gasteiger charge is -2.13. The third-order valence-electron chi connectivity index (χ3n) is 1.98. The summed E-state index contributed by atoms with van der Waals surface area (Å²) in [5.74, 6) is 0. The van der Waals surface area contributed by atoms with Crippen LogP contribution in [0.1, 0.15) is 19.5 Å². The lowest BCUT2D eigenvalue weighted by molar-refractivity contribution is 0.346. The van der Waals surface area contributed by atoms with E-state index in [2.05, 4.69) is 25.1 Å². The van der Waals surface area contributed by atoms with Gasteiger partial charge in [-0.15, -0.1) is 0 Å². The summed E-state index contributed by atoms with van der Waals surface area (Å²) in [6.45, 7) is 5.58. The third-order valence-corrected chi connectivity index (χ3v) is 1.98. The van der Waals surface area contributed by atoms with Gasteiger partial charge >= 0.3 is 0 Å². The molecular weight excluding hydrogens is 124 g/mol. The van der Waals surface area contributed by atoms with Crippen molar-refractivity contribution in [1.82, 2.24) is 9.78 Å². The third kappa shape index (κ3) is 0.753. The monoisotopic (exact) mass is 135 g/mol. The molecular formula is C8H11N2. The molecule has 2 heterocycles. The molecule has 0 saturated heterocycles. The average Bonchev–Trinajstić information content (AvgIpc) is 2.20. The summed E-state index contributed by atoms with van der Waals surface area (Å²) in [5, 5.41) is 4.08. The zero-order valence-corrected chi connectivity index (χ0v) is 6.39. The maximum absolute atomic E-state index is 4.08. The molecule has 10 heavy (non-hydrogen) atoms. The molecule has 2 nitrogen and oxygen atoms in total. The van der Waals surface area contributed by atoms with Crippen LogP contribution in [0.4, 0.5) is 0 Å². The highest BCUT2D eigenvalue weighted by Crippen LogP contribution is 2.29. The molecule has 0 aliphatic carbocycles. The lowest BCUT2D eigenvalue weighted by Crippen LogP contribution is -2.12. The van der Waals surface area contributed by atoms with E-state index >= 15 is 0 Å². The molecule has 1 aromatic rings. The number of nitrogens with zero attached hydrogens (tertiary/aromatic N) is 2. The van der Waals surface area contributed by atoms with Crippen LogP contribution in [-0.2, 0) is 13.0 Å². The molecule has 0 bridgehead atoms.